The summed E-state index contributed by atoms with van der Waals surface area (Å²) >= 11 is 0. The number of likely N-dealkylation sites (tertiary alicyclic amines) is 1. The number of hydrogen-bond donors (Lipinski definition) is 1. The van der Waals surface area contributed by atoms with Gasteiger partial charge in [-0.3, -0.25) is 4.90 Å². The van der Waals surface area contributed by atoms with E-state index in [-0.39, 0.29) is 0 Å². The number of hydrogen-bond acceptors (Lipinski definition) is 2. The van der Waals surface area contributed by atoms with E-state index in [1.54, 1.807) is 0 Å². The first-order valence-electron chi connectivity index (χ1n) is 6.78. The van der Waals surface area contributed by atoms with Crippen molar-refractivity contribution in [2.75, 3.05) is 6.54 Å². The molecule has 3 unspecified atom stereocenters. The van der Waals surface area contributed by atoms with E-state index in [2.05, 4.69) is 11.8 Å². The van der Waals surface area contributed by atoms with Gasteiger partial charge in [-0.05, 0) is 45.6 Å². The standard InChI is InChI=1S/C13H26N2/c1-11-6-3-2-4-9-15(11)13-8-5-7-12(14)10-13/h11-13H,2-10,14H2,1H3. The maximum absolute atomic E-state index is 6.09. The van der Waals surface area contributed by atoms with Gasteiger partial charge in [-0.25, -0.2) is 0 Å². The molecular weight excluding hydrogens is 184 g/mol. The highest BCUT2D eigenvalue weighted by molar-refractivity contribution is 4.85. The molecule has 1 aliphatic carbocycles. The lowest BCUT2D eigenvalue weighted by molar-refractivity contribution is 0.109. The first-order valence-corrected chi connectivity index (χ1v) is 6.78. The van der Waals surface area contributed by atoms with Crippen molar-refractivity contribution in [2.24, 2.45) is 5.73 Å². The Balaban J connectivity index is 1.94. The average Bonchev–Trinajstić information content (AvgIpc) is 2.43. The van der Waals surface area contributed by atoms with Gasteiger partial charge in [0.15, 0.2) is 0 Å². The van der Waals surface area contributed by atoms with Gasteiger partial charge in [-0.15, -0.1) is 0 Å². The molecule has 0 bridgehead atoms. The summed E-state index contributed by atoms with van der Waals surface area (Å²) in [4.78, 5) is 2.76. The quantitative estimate of drug-likeness (QED) is 0.720. The second-order valence-corrected chi connectivity index (χ2v) is 5.52. The highest BCUT2D eigenvalue weighted by Gasteiger charge is 2.28. The highest BCUT2D eigenvalue weighted by atomic mass is 15.2. The van der Waals surface area contributed by atoms with Crippen molar-refractivity contribution in [3.63, 3.8) is 0 Å². The lowest BCUT2D eigenvalue weighted by Gasteiger charge is -2.39. The molecule has 2 nitrogen and oxygen atoms in total. The smallest absolute Gasteiger partial charge is 0.0113 e. The molecule has 2 heteroatoms. The van der Waals surface area contributed by atoms with E-state index < -0.39 is 0 Å². The van der Waals surface area contributed by atoms with Crippen molar-refractivity contribution in [1.82, 2.24) is 4.90 Å². The van der Waals surface area contributed by atoms with Crippen LogP contribution in [0.2, 0.25) is 0 Å². The normalized spacial score (nSPS) is 40.0. The number of nitrogens with two attached hydrogens (primary N) is 1. The lowest BCUT2D eigenvalue weighted by atomic mass is 9.89. The molecule has 1 heterocycles. The second kappa shape index (κ2) is 5.31. The summed E-state index contributed by atoms with van der Waals surface area (Å²) in [6.07, 6.45) is 10.9. The van der Waals surface area contributed by atoms with E-state index in [9.17, 15) is 0 Å². The molecule has 2 aliphatic rings. The Labute approximate surface area is 94.2 Å². The molecule has 88 valence electrons. The summed E-state index contributed by atoms with van der Waals surface area (Å²) in [7, 11) is 0. The fourth-order valence-corrected chi connectivity index (χ4v) is 3.34. The minimum atomic E-state index is 0.471. The minimum absolute atomic E-state index is 0.471. The van der Waals surface area contributed by atoms with Crippen molar-refractivity contribution >= 4 is 0 Å². The molecule has 0 aromatic rings. The summed E-state index contributed by atoms with van der Waals surface area (Å²) in [5.41, 5.74) is 6.09. The van der Waals surface area contributed by atoms with Crippen LogP contribution in [0.15, 0.2) is 0 Å². The average molecular weight is 210 g/mol. The Morgan fingerprint density at radius 2 is 1.87 bits per heavy atom. The van der Waals surface area contributed by atoms with E-state index in [4.69, 9.17) is 5.73 Å². The van der Waals surface area contributed by atoms with Crippen LogP contribution in [0.4, 0.5) is 0 Å². The predicted octanol–water partition coefficient (Wildman–Crippen LogP) is 2.52. The van der Waals surface area contributed by atoms with Gasteiger partial charge in [0.05, 0.1) is 0 Å². The van der Waals surface area contributed by atoms with Crippen LogP contribution in [-0.4, -0.2) is 29.6 Å². The van der Waals surface area contributed by atoms with E-state index in [1.807, 2.05) is 0 Å². The van der Waals surface area contributed by atoms with Gasteiger partial charge in [0.2, 0.25) is 0 Å². The monoisotopic (exact) mass is 210 g/mol. The molecular formula is C13H26N2. The topological polar surface area (TPSA) is 29.3 Å². The Morgan fingerprint density at radius 1 is 1.00 bits per heavy atom. The fourth-order valence-electron chi connectivity index (χ4n) is 3.34. The molecule has 2 rings (SSSR count). The van der Waals surface area contributed by atoms with Gasteiger partial charge in [0, 0.05) is 18.1 Å². The van der Waals surface area contributed by atoms with Crippen LogP contribution in [0.3, 0.4) is 0 Å². The molecule has 0 spiro atoms. The van der Waals surface area contributed by atoms with E-state index >= 15 is 0 Å². The molecule has 0 aromatic heterocycles. The van der Waals surface area contributed by atoms with Crippen LogP contribution in [0.25, 0.3) is 0 Å². The predicted molar refractivity (Wildman–Crippen MR) is 64.9 cm³/mol. The second-order valence-electron chi connectivity index (χ2n) is 5.52. The van der Waals surface area contributed by atoms with Crippen LogP contribution in [-0.2, 0) is 0 Å². The number of rotatable bonds is 1. The Hall–Kier alpha value is -0.0800. The van der Waals surface area contributed by atoms with Crippen molar-refractivity contribution in [3.05, 3.63) is 0 Å². The molecule has 1 saturated heterocycles. The highest BCUT2D eigenvalue weighted by Crippen LogP contribution is 2.27. The molecule has 0 aromatic carbocycles. The molecule has 0 radical (unpaired) electrons. The van der Waals surface area contributed by atoms with Crippen molar-refractivity contribution < 1.29 is 0 Å². The first kappa shape index (κ1) is 11.4. The molecule has 2 fully saturated rings. The van der Waals surface area contributed by atoms with E-state index in [0.29, 0.717) is 6.04 Å². The third-order valence-electron chi connectivity index (χ3n) is 4.26. The van der Waals surface area contributed by atoms with Gasteiger partial charge >= 0.3 is 0 Å². The van der Waals surface area contributed by atoms with Crippen LogP contribution in [0, 0.1) is 0 Å². The summed E-state index contributed by atoms with van der Waals surface area (Å²) in [6, 6.07) is 2.06. The van der Waals surface area contributed by atoms with Gasteiger partial charge in [0.25, 0.3) is 0 Å². The summed E-state index contributed by atoms with van der Waals surface area (Å²) in [5, 5.41) is 0. The van der Waals surface area contributed by atoms with E-state index in [1.165, 1.54) is 57.9 Å². The summed E-state index contributed by atoms with van der Waals surface area (Å²) in [5.74, 6) is 0. The third-order valence-corrected chi connectivity index (χ3v) is 4.26. The van der Waals surface area contributed by atoms with Gasteiger partial charge in [-0.1, -0.05) is 19.3 Å². The summed E-state index contributed by atoms with van der Waals surface area (Å²) < 4.78 is 0. The maximum Gasteiger partial charge on any atom is 0.0113 e. The number of nitrogens with zero attached hydrogens (tertiary/aromatic N) is 1. The van der Waals surface area contributed by atoms with Gasteiger partial charge < -0.3 is 5.73 Å². The molecule has 15 heavy (non-hydrogen) atoms. The fraction of sp³-hybridized carbons (Fsp3) is 1.00. The summed E-state index contributed by atoms with van der Waals surface area (Å²) in [6.45, 7) is 3.73. The first-order chi connectivity index (χ1) is 7.27. The molecule has 0 amide bonds. The van der Waals surface area contributed by atoms with Crippen molar-refractivity contribution in [3.8, 4) is 0 Å². The Bertz CT molecular complexity index is 193. The molecule has 1 aliphatic heterocycles. The largest absolute Gasteiger partial charge is 0.328 e. The maximum atomic E-state index is 6.09. The van der Waals surface area contributed by atoms with Gasteiger partial charge in [0.1, 0.15) is 0 Å². The molecule has 1 saturated carbocycles. The molecule has 3 atom stereocenters. The Kier molecular flexibility index (Phi) is 4.04. The van der Waals surface area contributed by atoms with E-state index in [0.717, 1.165) is 12.1 Å². The van der Waals surface area contributed by atoms with Crippen molar-refractivity contribution in [2.45, 2.75) is 76.4 Å². The van der Waals surface area contributed by atoms with Crippen LogP contribution >= 0.6 is 0 Å². The Morgan fingerprint density at radius 3 is 2.67 bits per heavy atom. The zero-order chi connectivity index (χ0) is 10.7. The SMILES string of the molecule is CC1CCCCCN1C1CCCC(N)C1. The van der Waals surface area contributed by atoms with Crippen LogP contribution in [0.5, 0.6) is 0 Å². The minimum Gasteiger partial charge on any atom is -0.328 e. The zero-order valence-electron chi connectivity index (χ0n) is 10.1. The third kappa shape index (κ3) is 2.94. The lowest BCUT2D eigenvalue weighted by Crippen LogP contribution is -2.46. The van der Waals surface area contributed by atoms with Crippen LogP contribution in [0.1, 0.15) is 58.3 Å². The van der Waals surface area contributed by atoms with Gasteiger partial charge in [-0.2, -0.15) is 0 Å². The van der Waals surface area contributed by atoms with Crippen molar-refractivity contribution in [1.29, 1.82) is 0 Å². The molecule has 2 N–H and O–H groups in total. The van der Waals surface area contributed by atoms with Crippen LogP contribution < -0.4 is 5.73 Å². The zero-order valence-corrected chi connectivity index (χ0v) is 10.1.